The van der Waals surface area contributed by atoms with Gasteiger partial charge in [-0.25, -0.2) is 0 Å². The van der Waals surface area contributed by atoms with Crippen LogP contribution in [0.15, 0.2) is 22.7 Å². The molecular formula is C12H13BrN2O. The van der Waals surface area contributed by atoms with Gasteiger partial charge >= 0.3 is 0 Å². The first-order valence-corrected chi connectivity index (χ1v) is 6.08. The second-order valence-electron chi connectivity index (χ2n) is 3.92. The molecular weight excluding hydrogens is 268 g/mol. The van der Waals surface area contributed by atoms with Gasteiger partial charge in [-0.05, 0) is 31.5 Å². The quantitative estimate of drug-likeness (QED) is 0.906. The van der Waals surface area contributed by atoms with Crippen molar-refractivity contribution in [3.8, 4) is 6.07 Å². The van der Waals surface area contributed by atoms with Crippen LogP contribution in [0.4, 0.5) is 5.69 Å². The molecule has 1 heterocycles. The Bertz CT molecular complexity index is 428. The summed E-state index contributed by atoms with van der Waals surface area (Å²) in [7, 11) is 0. The molecule has 2 atom stereocenters. The van der Waals surface area contributed by atoms with Crippen molar-refractivity contribution in [2.75, 3.05) is 11.9 Å². The van der Waals surface area contributed by atoms with Gasteiger partial charge in [0, 0.05) is 11.1 Å². The molecule has 1 aliphatic rings. The molecule has 1 N–H and O–H groups in total. The van der Waals surface area contributed by atoms with Gasteiger partial charge < -0.3 is 10.1 Å². The lowest BCUT2D eigenvalue weighted by Gasteiger charge is -2.18. The number of hydrogen-bond acceptors (Lipinski definition) is 3. The number of hydrogen-bond donors (Lipinski definition) is 1. The Labute approximate surface area is 104 Å². The van der Waals surface area contributed by atoms with Gasteiger partial charge in [0.05, 0.1) is 23.4 Å². The van der Waals surface area contributed by atoms with E-state index in [2.05, 4.69) is 34.2 Å². The van der Waals surface area contributed by atoms with Gasteiger partial charge in [0.15, 0.2) is 0 Å². The second-order valence-corrected chi connectivity index (χ2v) is 4.83. The summed E-state index contributed by atoms with van der Waals surface area (Å²) >= 11 is 3.36. The van der Waals surface area contributed by atoms with Crippen molar-refractivity contribution in [3.05, 3.63) is 28.2 Å². The Morgan fingerprint density at radius 3 is 3.00 bits per heavy atom. The maximum absolute atomic E-state index is 9.04. The molecule has 0 saturated carbocycles. The van der Waals surface area contributed by atoms with Gasteiger partial charge in [-0.3, -0.25) is 0 Å². The standard InChI is InChI=1S/C12H13BrN2O/c1-8-11(4-5-16-8)15-12-3-2-10(13)6-9(12)7-14/h2-3,6,8,11,15H,4-5H2,1H3. The lowest BCUT2D eigenvalue weighted by atomic mass is 10.1. The predicted molar refractivity (Wildman–Crippen MR) is 66.3 cm³/mol. The Kier molecular flexibility index (Phi) is 3.47. The van der Waals surface area contributed by atoms with Crippen molar-refractivity contribution < 1.29 is 4.74 Å². The number of halogens is 1. The van der Waals surface area contributed by atoms with Crippen molar-refractivity contribution in [1.82, 2.24) is 0 Å². The summed E-state index contributed by atoms with van der Waals surface area (Å²) in [6.45, 7) is 2.84. The van der Waals surface area contributed by atoms with E-state index in [1.54, 1.807) is 0 Å². The van der Waals surface area contributed by atoms with Crippen molar-refractivity contribution >= 4 is 21.6 Å². The van der Waals surface area contributed by atoms with E-state index in [1.165, 1.54) is 0 Å². The van der Waals surface area contributed by atoms with E-state index < -0.39 is 0 Å². The van der Waals surface area contributed by atoms with Crippen LogP contribution < -0.4 is 5.32 Å². The zero-order valence-corrected chi connectivity index (χ0v) is 10.6. The molecule has 0 spiro atoms. The van der Waals surface area contributed by atoms with Crippen LogP contribution in [0.25, 0.3) is 0 Å². The predicted octanol–water partition coefficient (Wildman–Crippen LogP) is 2.91. The molecule has 1 aliphatic heterocycles. The molecule has 0 aliphatic carbocycles. The number of nitrogens with zero attached hydrogens (tertiary/aromatic N) is 1. The Balaban J connectivity index is 2.18. The number of ether oxygens (including phenoxy) is 1. The van der Waals surface area contributed by atoms with Crippen LogP contribution >= 0.6 is 15.9 Å². The third-order valence-corrected chi connectivity index (χ3v) is 3.31. The van der Waals surface area contributed by atoms with Crippen molar-refractivity contribution in [2.24, 2.45) is 0 Å². The molecule has 1 aromatic carbocycles. The Morgan fingerprint density at radius 1 is 1.56 bits per heavy atom. The molecule has 0 radical (unpaired) electrons. The summed E-state index contributed by atoms with van der Waals surface area (Å²) in [5.74, 6) is 0. The molecule has 1 aromatic rings. The van der Waals surface area contributed by atoms with Crippen LogP contribution in [0.5, 0.6) is 0 Å². The SMILES string of the molecule is CC1OCCC1Nc1ccc(Br)cc1C#N. The van der Waals surface area contributed by atoms with E-state index in [0.717, 1.165) is 23.2 Å². The minimum Gasteiger partial charge on any atom is -0.379 e. The Hall–Kier alpha value is -1.05. The van der Waals surface area contributed by atoms with Gasteiger partial charge in [0.1, 0.15) is 6.07 Å². The number of anilines is 1. The van der Waals surface area contributed by atoms with E-state index in [4.69, 9.17) is 10.00 Å². The zero-order valence-electron chi connectivity index (χ0n) is 9.03. The first-order chi connectivity index (χ1) is 7.70. The Morgan fingerprint density at radius 2 is 2.38 bits per heavy atom. The van der Waals surface area contributed by atoms with Crippen LogP contribution in [0.3, 0.4) is 0 Å². The van der Waals surface area contributed by atoms with Crippen LogP contribution in [-0.4, -0.2) is 18.8 Å². The lowest BCUT2D eigenvalue weighted by Crippen LogP contribution is -2.26. The summed E-state index contributed by atoms with van der Waals surface area (Å²) in [5.41, 5.74) is 1.54. The molecule has 1 fully saturated rings. The highest BCUT2D eigenvalue weighted by molar-refractivity contribution is 9.10. The topological polar surface area (TPSA) is 45.0 Å². The van der Waals surface area contributed by atoms with Gasteiger partial charge in [-0.2, -0.15) is 5.26 Å². The molecule has 0 aromatic heterocycles. The highest BCUT2D eigenvalue weighted by Gasteiger charge is 2.24. The third kappa shape index (κ3) is 2.37. The zero-order chi connectivity index (χ0) is 11.5. The van der Waals surface area contributed by atoms with Gasteiger partial charge in [0.2, 0.25) is 0 Å². The molecule has 3 nitrogen and oxygen atoms in total. The normalized spacial score (nSPS) is 24.1. The van der Waals surface area contributed by atoms with Crippen molar-refractivity contribution in [3.63, 3.8) is 0 Å². The van der Waals surface area contributed by atoms with E-state index in [1.807, 2.05) is 18.2 Å². The fourth-order valence-electron chi connectivity index (χ4n) is 1.86. The minimum absolute atomic E-state index is 0.204. The average Bonchev–Trinajstić information content (AvgIpc) is 2.67. The van der Waals surface area contributed by atoms with Crippen molar-refractivity contribution in [2.45, 2.75) is 25.5 Å². The average molecular weight is 281 g/mol. The number of nitriles is 1. The number of nitrogens with one attached hydrogen (secondary N) is 1. The van der Waals surface area contributed by atoms with Gasteiger partial charge in [0.25, 0.3) is 0 Å². The summed E-state index contributed by atoms with van der Waals surface area (Å²) in [6, 6.07) is 8.17. The molecule has 1 saturated heterocycles. The van der Waals surface area contributed by atoms with Crippen LogP contribution in [0.1, 0.15) is 18.9 Å². The summed E-state index contributed by atoms with van der Waals surface area (Å²) in [5, 5.41) is 12.4. The van der Waals surface area contributed by atoms with E-state index >= 15 is 0 Å². The lowest BCUT2D eigenvalue weighted by molar-refractivity contribution is 0.121. The second kappa shape index (κ2) is 4.86. The molecule has 0 bridgehead atoms. The van der Waals surface area contributed by atoms with E-state index in [9.17, 15) is 0 Å². The fraction of sp³-hybridized carbons (Fsp3) is 0.417. The van der Waals surface area contributed by atoms with Crippen molar-refractivity contribution in [1.29, 1.82) is 5.26 Å². The largest absolute Gasteiger partial charge is 0.379 e. The first kappa shape index (κ1) is 11.4. The summed E-state index contributed by atoms with van der Waals surface area (Å²) < 4.78 is 6.40. The van der Waals surface area contributed by atoms with Crippen LogP contribution in [0.2, 0.25) is 0 Å². The van der Waals surface area contributed by atoms with Crippen LogP contribution in [0, 0.1) is 11.3 Å². The maximum Gasteiger partial charge on any atom is 0.101 e. The molecule has 16 heavy (non-hydrogen) atoms. The molecule has 0 amide bonds. The summed E-state index contributed by atoms with van der Waals surface area (Å²) in [4.78, 5) is 0. The summed E-state index contributed by atoms with van der Waals surface area (Å²) in [6.07, 6.45) is 1.19. The van der Waals surface area contributed by atoms with E-state index in [-0.39, 0.29) is 6.10 Å². The number of rotatable bonds is 2. The first-order valence-electron chi connectivity index (χ1n) is 5.28. The monoisotopic (exact) mass is 280 g/mol. The van der Waals surface area contributed by atoms with Crippen LogP contribution in [-0.2, 0) is 4.74 Å². The van der Waals surface area contributed by atoms with E-state index in [0.29, 0.717) is 11.6 Å². The third-order valence-electron chi connectivity index (χ3n) is 2.82. The highest BCUT2D eigenvalue weighted by Crippen LogP contribution is 2.24. The highest BCUT2D eigenvalue weighted by atomic mass is 79.9. The number of benzene rings is 1. The molecule has 4 heteroatoms. The smallest absolute Gasteiger partial charge is 0.101 e. The molecule has 84 valence electrons. The molecule has 2 rings (SSSR count). The fourth-order valence-corrected chi connectivity index (χ4v) is 2.22. The van der Waals surface area contributed by atoms with Gasteiger partial charge in [-0.15, -0.1) is 0 Å². The minimum atomic E-state index is 0.204. The molecule has 2 unspecified atom stereocenters. The van der Waals surface area contributed by atoms with Gasteiger partial charge in [-0.1, -0.05) is 15.9 Å². The maximum atomic E-state index is 9.04.